The van der Waals surface area contributed by atoms with Crippen LogP contribution >= 0.6 is 24.0 Å². The van der Waals surface area contributed by atoms with Crippen LogP contribution < -0.4 is 20.7 Å². The zero-order valence-corrected chi connectivity index (χ0v) is 19.1. The number of methoxy groups -OCH3 is 1. The van der Waals surface area contributed by atoms with Gasteiger partial charge in [0.2, 0.25) is 11.8 Å². The summed E-state index contributed by atoms with van der Waals surface area (Å²) in [5, 5.41) is 9.05. The van der Waals surface area contributed by atoms with Crippen LogP contribution in [0.4, 0.5) is 0 Å². The van der Waals surface area contributed by atoms with Gasteiger partial charge in [0.15, 0.2) is 5.96 Å². The largest absolute Gasteiger partial charge is 0.475 e. The Morgan fingerprint density at radius 2 is 2.00 bits per heavy atom. The Balaban J connectivity index is 0.00000676. The van der Waals surface area contributed by atoms with Gasteiger partial charge in [-0.3, -0.25) is 4.79 Å². The summed E-state index contributed by atoms with van der Waals surface area (Å²) in [6.45, 7) is 9.93. The lowest BCUT2D eigenvalue weighted by Crippen LogP contribution is -2.48. The lowest BCUT2D eigenvalue weighted by atomic mass is 10.1. The molecule has 1 heterocycles. The van der Waals surface area contributed by atoms with Crippen molar-refractivity contribution in [3.05, 3.63) is 23.9 Å². The highest BCUT2D eigenvalue weighted by molar-refractivity contribution is 14.0. The van der Waals surface area contributed by atoms with Gasteiger partial charge in [0.1, 0.15) is 6.61 Å². The molecule has 1 aromatic rings. The highest BCUT2D eigenvalue weighted by Gasteiger charge is 2.13. The fourth-order valence-electron chi connectivity index (χ4n) is 2.03. The van der Waals surface area contributed by atoms with Crippen LogP contribution in [0.15, 0.2) is 23.3 Å². The van der Waals surface area contributed by atoms with Gasteiger partial charge in [-0.15, -0.1) is 24.0 Å². The van der Waals surface area contributed by atoms with Crippen molar-refractivity contribution in [2.45, 2.75) is 39.8 Å². The molecule has 9 heteroatoms. The lowest BCUT2D eigenvalue weighted by Gasteiger charge is -2.21. The second kappa shape index (κ2) is 13.5. The first-order valence-corrected chi connectivity index (χ1v) is 8.74. The Hall–Kier alpha value is -1.62. The number of nitrogens with zero attached hydrogens (tertiary/aromatic N) is 2. The maximum atomic E-state index is 11.9. The third-order valence-corrected chi connectivity index (χ3v) is 3.06. The second-order valence-corrected chi connectivity index (χ2v) is 6.66. The maximum Gasteiger partial charge on any atom is 0.239 e. The summed E-state index contributed by atoms with van der Waals surface area (Å²) in [6, 6.07) is 3.75. The van der Waals surface area contributed by atoms with E-state index in [1.54, 1.807) is 13.3 Å². The van der Waals surface area contributed by atoms with Crippen molar-refractivity contribution in [1.29, 1.82) is 0 Å². The summed E-state index contributed by atoms with van der Waals surface area (Å²) in [6.07, 6.45) is 1.68. The minimum absolute atomic E-state index is 0. The zero-order chi connectivity index (χ0) is 19.4. The van der Waals surface area contributed by atoms with Crippen molar-refractivity contribution in [2.75, 3.05) is 33.4 Å². The van der Waals surface area contributed by atoms with Crippen molar-refractivity contribution < 1.29 is 14.3 Å². The number of hydrogen-bond donors (Lipinski definition) is 3. The molecule has 0 atom stereocenters. The van der Waals surface area contributed by atoms with E-state index in [1.165, 1.54) is 0 Å². The molecule has 1 rings (SSSR count). The Morgan fingerprint density at radius 1 is 1.26 bits per heavy atom. The van der Waals surface area contributed by atoms with E-state index in [9.17, 15) is 4.79 Å². The van der Waals surface area contributed by atoms with Gasteiger partial charge in [-0.1, -0.05) is 6.07 Å². The number of pyridine rings is 1. The molecule has 0 unspecified atom stereocenters. The van der Waals surface area contributed by atoms with Gasteiger partial charge in [0.05, 0.1) is 19.7 Å². The van der Waals surface area contributed by atoms with Crippen molar-refractivity contribution in [3.63, 3.8) is 0 Å². The number of amides is 1. The van der Waals surface area contributed by atoms with Crippen LogP contribution in [-0.4, -0.2) is 55.8 Å². The van der Waals surface area contributed by atoms with Crippen molar-refractivity contribution >= 4 is 35.8 Å². The molecule has 0 saturated heterocycles. The van der Waals surface area contributed by atoms with E-state index in [0.29, 0.717) is 38.1 Å². The summed E-state index contributed by atoms with van der Waals surface area (Å²) in [5.41, 5.74) is 0.596. The normalized spacial score (nSPS) is 11.4. The molecule has 0 bridgehead atoms. The van der Waals surface area contributed by atoms with E-state index in [4.69, 9.17) is 9.47 Å². The van der Waals surface area contributed by atoms with Crippen LogP contribution in [0.5, 0.6) is 5.88 Å². The van der Waals surface area contributed by atoms with Gasteiger partial charge in [0.25, 0.3) is 0 Å². The minimum Gasteiger partial charge on any atom is -0.475 e. The molecular formula is C18H32IN5O3. The van der Waals surface area contributed by atoms with Gasteiger partial charge in [-0.25, -0.2) is 9.98 Å². The highest BCUT2D eigenvalue weighted by atomic mass is 127. The van der Waals surface area contributed by atoms with Crippen LogP contribution in [0.1, 0.15) is 33.3 Å². The number of ether oxygens (including phenoxy) is 2. The number of rotatable bonds is 9. The van der Waals surface area contributed by atoms with Gasteiger partial charge < -0.3 is 25.4 Å². The van der Waals surface area contributed by atoms with E-state index < -0.39 is 0 Å². The smallest absolute Gasteiger partial charge is 0.239 e. The zero-order valence-electron chi connectivity index (χ0n) is 16.8. The first kappa shape index (κ1) is 25.4. The van der Waals surface area contributed by atoms with E-state index in [2.05, 4.69) is 25.9 Å². The summed E-state index contributed by atoms with van der Waals surface area (Å²) < 4.78 is 10.6. The fourth-order valence-corrected chi connectivity index (χ4v) is 2.03. The Labute approximate surface area is 178 Å². The summed E-state index contributed by atoms with van der Waals surface area (Å²) >= 11 is 0. The van der Waals surface area contributed by atoms with Crippen LogP contribution in [0.3, 0.4) is 0 Å². The molecule has 3 N–H and O–H groups in total. The minimum atomic E-state index is -0.265. The molecule has 0 aliphatic heterocycles. The summed E-state index contributed by atoms with van der Waals surface area (Å²) in [5.74, 6) is 1.01. The topological polar surface area (TPSA) is 96.9 Å². The predicted molar refractivity (Wildman–Crippen MR) is 118 cm³/mol. The number of aromatic nitrogens is 1. The maximum absolute atomic E-state index is 11.9. The first-order chi connectivity index (χ1) is 12.4. The van der Waals surface area contributed by atoms with Crippen LogP contribution in [0.2, 0.25) is 0 Å². The number of guanidine groups is 1. The third kappa shape index (κ3) is 11.6. The first-order valence-electron chi connectivity index (χ1n) is 8.74. The van der Waals surface area contributed by atoms with E-state index in [-0.39, 0.29) is 42.0 Å². The molecule has 0 radical (unpaired) electrons. The average Bonchev–Trinajstić information content (AvgIpc) is 2.57. The number of carbonyl (C=O) groups excluding carboxylic acids is 1. The van der Waals surface area contributed by atoms with E-state index in [0.717, 1.165) is 5.56 Å². The highest BCUT2D eigenvalue weighted by Crippen LogP contribution is 2.15. The molecule has 1 aromatic heterocycles. The van der Waals surface area contributed by atoms with Crippen molar-refractivity contribution in [2.24, 2.45) is 4.99 Å². The Kier molecular flexibility index (Phi) is 12.7. The SMILES string of the molecule is CCNC(=NCc1cccnc1OCCOC)NCC(=O)NC(C)(C)C.I. The quantitative estimate of drug-likeness (QED) is 0.210. The second-order valence-electron chi connectivity index (χ2n) is 6.66. The molecule has 0 aromatic carbocycles. The molecule has 1 amide bonds. The molecule has 0 aliphatic carbocycles. The number of carbonyl (C=O) groups is 1. The van der Waals surface area contributed by atoms with Crippen LogP contribution in [0.25, 0.3) is 0 Å². The molecule has 0 aliphatic rings. The molecule has 0 spiro atoms. The van der Waals surface area contributed by atoms with E-state index in [1.807, 2.05) is 39.8 Å². The summed E-state index contributed by atoms with van der Waals surface area (Å²) in [7, 11) is 1.62. The lowest BCUT2D eigenvalue weighted by molar-refractivity contribution is -0.121. The molecule has 154 valence electrons. The van der Waals surface area contributed by atoms with Crippen molar-refractivity contribution in [1.82, 2.24) is 20.9 Å². The molecule has 8 nitrogen and oxygen atoms in total. The number of halogens is 1. The van der Waals surface area contributed by atoms with Crippen LogP contribution in [0, 0.1) is 0 Å². The Bertz CT molecular complexity index is 591. The molecule has 0 fully saturated rings. The van der Waals surface area contributed by atoms with Gasteiger partial charge in [0, 0.05) is 31.0 Å². The van der Waals surface area contributed by atoms with Gasteiger partial charge >= 0.3 is 0 Å². The summed E-state index contributed by atoms with van der Waals surface area (Å²) in [4.78, 5) is 20.7. The number of hydrogen-bond acceptors (Lipinski definition) is 5. The molecular weight excluding hydrogens is 461 g/mol. The fraction of sp³-hybridized carbons (Fsp3) is 0.611. The van der Waals surface area contributed by atoms with Crippen LogP contribution in [-0.2, 0) is 16.1 Å². The van der Waals surface area contributed by atoms with Gasteiger partial charge in [-0.05, 0) is 33.8 Å². The average molecular weight is 493 g/mol. The third-order valence-electron chi connectivity index (χ3n) is 3.06. The standard InChI is InChI=1S/C18H31N5O3.HI/c1-6-19-17(22-13-15(24)23-18(2,3)4)21-12-14-8-7-9-20-16(14)26-11-10-25-5;/h7-9H,6,10-13H2,1-5H3,(H,23,24)(H2,19,21,22);1H. The predicted octanol–water partition coefficient (Wildman–Crippen LogP) is 1.69. The van der Waals surface area contributed by atoms with Gasteiger partial charge in [-0.2, -0.15) is 0 Å². The number of nitrogens with one attached hydrogen (secondary N) is 3. The monoisotopic (exact) mass is 493 g/mol. The number of aliphatic imine (C=N–C) groups is 1. The van der Waals surface area contributed by atoms with Crippen molar-refractivity contribution in [3.8, 4) is 5.88 Å². The molecule has 27 heavy (non-hydrogen) atoms. The Morgan fingerprint density at radius 3 is 2.63 bits per heavy atom. The van der Waals surface area contributed by atoms with E-state index >= 15 is 0 Å². The molecule has 0 saturated carbocycles.